The molecule has 118 valence electrons. The van der Waals surface area contributed by atoms with Crippen LogP contribution in [0, 0.1) is 0 Å². The van der Waals surface area contributed by atoms with Crippen LogP contribution in [0.4, 0.5) is 0 Å². The van der Waals surface area contributed by atoms with Gasteiger partial charge in [0.05, 0.1) is 19.2 Å². The summed E-state index contributed by atoms with van der Waals surface area (Å²) >= 11 is 12.3. The van der Waals surface area contributed by atoms with Crippen molar-refractivity contribution in [1.82, 2.24) is 5.32 Å². The summed E-state index contributed by atoms with van der Waals surface area (Å²) in [6.45, 7) is 2.72. The first kappa shape index (κ1) is 16.9. The fourth-order valence-corrected chi connectivity index (χ4v) is 2.63. The summed E-state index contributed by atoms with van der Waals surface area (Å²) < 4.78 is 10.5. The maximum absolute atomic E-state index is 6.38. The summed E-state index contributed by atoms with van der Waals surface area (Å²) in [5, 5.41) is 4.74. The van der Waals surface area contributed by atoms with Crippen LogP contribution in [-0.2, 0) is 6.54 Å². The molecule has 0 aliphatic carbocycles. The van der Waals surface area contributed by atoms with Crippen molar-refractivity contribution in [2.45, 2.75) is 19.5 Å². The van der Waals surface area contributed by atoms with E-state index < -0.39 is 0 Å². The van der Waals surface area contributed by atoms with Crippen molar-refractivity contribution < 1.29 is 9.47 Å². The Morgan fingerprint density at radius 3 is 2.27 bits per heavy atom. The van der Waals surface area contributed by atoms with Gasteiger partial charge in [0.15, 0.2) is 11.5 Å². The molecule has 5 heteroatoms. The standard InChI is InChI=1S/C17H19Cl2NO2/c1-11(12-4-7-14(18)8-5-12)20-10-13-6-9-15(21-2)17(22-3)16(13)19/h4-9,11,20H,10H2,1-3H3. The molecule has 0 saturated carbocycles. The Balaban J connectivity index is 2.09. The molecule has 0 saturated heterocycles. The molecule has 22 heavy (non-hydrogen) atoms. The molecule has 0 spiro atoms. The normalized spacial score (nSPS) is 12.0. The van der Waals surface area contributed by atoms with Crippen molar-refractivity contribution in [1.29, 1.82) is 0 Å². The summed E-state index contributed by atoms with van der Waals surface area (Å²) in [5.41, 5.74) is 2.13. The SMILES string of the molecule is COc1ccc(CNC(C)c2ccc(Cl)cc2)c(Cl)c1OC. The smallest absolute Gasteiger partial charge is 0.179 e. The van der Waals surface area contributed by atoms with E-state index in [9.17, 15) is 0 Å². The number of ether oxygens (including phenoxy) is 2. The number of methoxy groups -OCH3 is 2. The van der Waals surface area contributed by atoms with Gasteiger partial charge in [-0.05, 0) is 36.2 Å². The average Bonchev–Trinajstić information content (AvgIpc) is 2.53. The maximum Gasteiger partial charge on any atom is 0.179 e. The highest BCUT2D eigenvalue weighted by Gasteiger charge is 2.14. The lowest BCUT2D eigenvalue weighted by molar-refractivity contribution is 0.354. The van der Waals surface area contributed by atoms with Crippen molar-refractivity contribution in [2.75, 3.05) is 14.2 Å². The zero-order valence-electron chi connectivity index (χ0n) is 12.8. The van der Waals surface area contributed by atoms with Crippen LogP contribution in [0.3, 0.4) is 0 Å². The Labute approximate surface area is 141 Å². The third-order valence-corrected chi connectivity index (χ3v) is 4.20. The van der Waals surface area contributed by atoms with Crippen molar-refractivity contribution in [2.24, 2.45) is 0 Å². The Hall–Kier alpha value is -1.42. The van der Waals surface area contributed by atoms with E-state index >= 15 is 0 Å². The lowest BCUT2D eigenvalue weighted by atomic mass is 10.1. The number of benzene rings is 2. The number of halogens is 2. The summed E-state index contributed by atoms with van der Waals surface area (Å²) in [6.07, 6.45) is 0. The third kappa shape index (κ3) is 3.86. The topological polar surface area (TPSA) is 30.5 Å². The van der Waals surface area contributed by atoms with Gasteiger partial charge in [0.1, 0.15) is 0 Å². The first-order valence-electron chi connectivity index (χ1n) is 6.95. The first-order chi connectivity index (χ1) is 10.6. The van der Waals surface area contributed by atoms with E-state index in [4.69, 9.17) is 32.7 Å². The zero-order valence-corrected chi connectivity index (χ0v) is 14.3. The van der Waals surface area contributed by atoms with E-state index in [0.29, 0.717) is 23.1 Å². The Morgan fingerprint density at radius 1 is 1.00 bits per heavy atom. The Bertz CT molecular complexity index is 629. The molecule has 1 unspecified atom stereocenters. The Morgan fingerprint density at radius 2 is 1.68 bits per heavy atom. The van der Waals surface area contributed by atoms with Crippen LogP contribution in [0.2, 0.25) is 10.0 Å². The first-order valence-corrected chi connectivity index (χ1v) is 7.70. The van der Waals surface area contributed by atoms with Crippen LogP contribution < -0.4 is 14.8 Å². The average molecular weight is 340 g/mol. The zero-order chi connectivity index (χ0) is 16.1. The molecule has 0 aliphatic rings. The van der Waals surface area contributed by atoms with Gasteiger partial charge >= 0.3 is 0 Å². The molecule has 0 aliphatic heterocycles. The molecule has 2 aromatic rings. The van der Waals surface area contributed by atoms with Gasteiger partial charge in [-0.3, -0.25) is 0 Å². The third-order valence-electron chi connectivity index (χ3n) is 3.53. The van der Waals surface area contributed by atoms with Gasteiger partial charge in [-0.15, -0.1) is 0 Å². The van der Waals surface area contributed by atoms with E-state index in [0.717, 1.165) is 10.6 Å². The van der Waals surface area contributed by atoms with Crippen molar-refractivity contribution in [3.05, 3.63) is 57.6 Å². The van der Waals surface area contributed by atoms with Gasteiger partial charge in [0.2, 0.25) is 0 Å². The molecule has 3 nitrogen and oxygen atoms in total. The number of hydrogen-bond donors (Lipinski definition) is 1. The van der Waals surface area contributed by atoms with Gasteiger partial charge in [-0.25, -0.2) is 0 Å². The lowest BCUT2D eigenvalue weighted by Gasteiger charge is -2.17. The number of hydrogen-bond acceptors (Lipinski definition) is 3. The van der Waals surface area contributed by atoms with Crippen LogP contribution in [0.1, 0.15) is 24.1 Å². The summed E-state index contributed by atoms with van der Waals surface area (Å²) in [5.74, 6) is 1.18. The summed E-state index contributed by atoms with van der Waals surface area (Å²) in [7, 11) is 3.17. The molecule has 0 heterocycles. The van der Waals surface area contributed by atoms with Crippen molar-refractivity contribution in [3.8, 4) is 11.5 Å². The second-order valence-corrected chi connectivity index (χ2v) is 5.74. The van der Waals surface area contributed by atoms with Gasteiger partial charge in [-0.2, -0.15) is 0 Å². The van der Waals surface area contributed by atoms with Gasteiger partial charge in [0, 0.05) is 17.6 Å². The van der Waals surface area contributed by atoms with E-state index in [1.54, 1.807) is 14.2 Å². The Kier molecular flexibility index (Phi) is 5.95. The molecular weight excluding hydrogens is 321 g/mol. The largest absolute Gasteiger partial charge is 0.493 e. The molecule has 0 fully saturated rings. The van der Waals surface area contributed by atoms with Crippen LogP contribution >= 0.6 is 23.2 Å². The van der Waals surface area contributed by atoms with Crippen molar-refractivity contribution >= 4 is 23.2 Å². The van der Waals surface area contributed by atoms with E-state index in [2.05, 4.69) is 12.2 Å². The summed E-state index contributed by atoms with van der Waals surface area (Å²) in [4.78, 5) is 0. The van der Waals surface area contributed by atoms with Crippen LogP contribution in [0.5, 0.6) is 11.5 Å². The maximum atomic E-state index is 6.38. The van der Waals surface area contributed by atoms with E-state index in [1.165, 1.54) is 5.56 Å². The molecule has 0 aromatic heterocycles. The number of rotatable bonds is 6. The van der Waals surface area contributed by atoms with E-state index in [1.807, 2.05) is 36.4 Å². The molecule has 0 radical (unpaired) electrons. The van der Waals surface area contributed by atoms with E-state index in [-0.39, 0.29) is 6.04 Å². The van der Waals surface area contributed by atoms with Crippen LogP contribution in [-0.4, -0.2) is 14.2 Å². The fourth-order valence-electron chi connectivity index (χ4n) is 2.20. The molecule has 0 bridgehead atoms. The van der Waals surface area contributed by atoms with Gasteiger partial charge in [-0.1, -0.05) is 41.4 Å². The highest BCUT2D eigenvalue weighted by molar-refractivity contribution is 6.33. The predicted octanol–water partition coefficient (Wildman–Crippen LogP) is 4.86. The monoisotopic (exact) mass is 339 g/mol. The second kappa shape index (κ2) is 7.73. The molecule has 2 rings (SSSR count). The quantitative estimate of drug-likeness (QED) is 0.814. The molecular formula is C17H19Cl2NO2. The lowest BCUT2D eigenvalue weighted by Crippen LogP contribution is -2.18. The molecule has 2 aromatic carbocycles. The highest BCUT2D eigenvalue weighted by atomic mass is 35.5. The van der Waals surface area contributed by atoms with Gasteiger partial charge in [0.25, 0.3) is 0 Å². The molecule has 1 N–H and O–H groups in total. The summed E-state index contributed by atoms with van der Waals surface area (Å²) in [6, 6.07) is 11.8. The number of nitrogens with one attached hydrogen (secondary N) is 1. The predicted molar refractivity (Wildman–Crippen MR) is 91.3 cm³/mol. The minimum absolute atomic E-state index is 0.182. The fraction of sp³-hybridized carbons (Fsp3) is 0.294. The molecule has 1 atom stereocenters. The minimum Gasteiger partial charge on any atom is -0.493 e. The second-order valence-electron chi connectivity index (χ2n) is 4.93. The van der Waals surface area contributed by atoms with Crippen molar-refractivity contribution in [3.63, 3.8) is 0 Å². The van der Waals surface area contributed by atoms with Gasteiger partial charge < -0.3 is 14.8 Å². The van der Waals surface area contributed by atoms with Crippen LogP contribution in [0.25, 0.3) is 0 Å². The van der Waals surface area contributed by atoms with Crippen LogP contribution in [0.15, 0.2) is 36.4 Å². The highest BCUT2D eigenvalue weighted by Crippen LogP contribution is 2.37. The molecule has 0 amide bonds. The minimum atomic E-state index is 0.182.